The number of carbonyl (C=O) groups is 2. The first-order chi connectivity index (χ1) is 13.0. The molecule has 0 radical (unpaired) electrons. The zero-order valence-electron chi connectivity index (χ0n) is 15.7. The lowest BCUT2D eigenvalue weighted by molar-refractivity contribution is -0.123. The van der Waals surface area contributed by atoms with Crippen molar-refractivity contribution in [2.75, 3.05) is 11.9 Å². The van der Waals surface area contributed by atoms with Crippen molar-refractivity contribution in [1.82, 2.24) is 0 Å². The molecule has 1 saturated carbocycles. The summed E-state index contributed by atoms with van der Waals surface area (Å²) < 4.78 is 5.26. The summed E-state index contributed by atoms with van der Waals surface area (Å²) >= 11 is 0. The van der Waals surface area contributed by atoms with E-state index < -0.39 is 11.3 Å². The Balaban J connectivity index is 1.77. The van der Waals surface area contributed by atoms with E-state index in [1.807, 2.05) is 0 Å². The van der Waals surface area contributed by atoms with Crippen molar-refractivity contribution >= 4 is 17.5 Å². The third-order valence-electron chi connectivity index (χ3n) is 5.24. The molecule has 0 atom stereocenters. The van der Waals surface area contributed by atoms with Crippen LogP contribution < -0.4 is 15.8 Å². The second-order valence-corrected chi connectivity index (χ2v) is 7.24. The molecular formula is C22H26N2O3. The molecule has 0 saturated heterocycles. The van der Waals surface area contributed by atoms with Gasteiger partial charge in [-0.15, -0.1) is 0 Å². The first kappa shape index (κ1) is 19.0. The number of hydrogen-bond donors (Lipinski definition) is 2. The molecular weight excluding hydrogens is 340 g/mol. The van der Waals surface area contributed by atoms with Crippen molar-refractivity contribution in [3.63, 3.8) is 0 Å². The quantitative estimate of drug-likeness (QED) is 0.818. The number of aryl methyl sites for hydroxylation is 1. The third-order valence-corrected chi connectivity index (χ3v) is 5.24. The lowest BCUT2D eigenvalue weighted by Crippen LogP contribution is -2.42. The molecule has 2 amide bonds. The molecule has 0 heterocycles. The summed E-state index contributed by atoms with van der Waals surface area (Å²) in [6.07, 6.45) is 5.01. The number of rotatable bonds is 6. The van der Waals surface area contributed by atoms with E-state index in [2.05, 4.69) is 36.5 Å². The number of nitrogens with two attached hydrogens (primary N) is 1. The molecule has 27 heavy (non-hydrogen) atoms. The van der Waals surface area contributed by atoms with Crippen LogP contribution in [0.15, 0.2) is 48.5 Å². The minimum atomic E-state index is -0.523. The summed E-state index contributed by atoms with van der Waals surface area (Å²) in [5.74, 6) is 0.0549. The highest BCUT2D eigenvalue weighted by molar-refractivity contribution is 5.99. The predicted molar refractivity (Wildman–Crippen MR) is 106 cm³/mol. The van der Waals surface area contributed by atoms with Crippen LogP contribution >= 0.6 is 0 Å². The summed E-state index contributed by atoms with van der Waals surface area (Å²) in [7, 11) is 0. The van der Waals surface area contributed by atoms with E-state index in [9.17, 15) is 9.59 Å². The maximum atomic E-state index is 13.3. The Morgan fingerprint density at radius 3 is 2.22 bits per heavy atom. The van der Waals surface area contributed by atoms with Crippen LogP contribution in [0.25, 0.3) is 0 Å². The van der Waals surface area contributed by atoms with Crippen LogP contribution in [-0.2, 0) is 15.0 Å². The number of ether oxygens (including phenoxy) is 1. The molecule has 5 heteroatoms. The van der Waals surface area contributed by atoms with E-state index in [1.165, 1.54) is 12.0 Å². The Labute approximate surface area is 159 Å². The van der Waals surface area contributed by atoms with Crippen LogP contribution in [0.3, 0.4) is 0 Å². The minimum Gasteiger partial charge on any atom is -0.484 e. The van der Waals surface area contributed by atoms with E-state index in [1.54, 1.807) is 24.3 Å². The van der Waals surface area contributed by atoms with Crippen LogP contribution in [-0.4, -0.2) is 18.4 Å². The van der Waals surface area contributed by atoms with Gasteiger partial charge in [-0.2, -0.15) is 0 Å². The van der Waals surface area contributed by atoms with E-state index in [0.717, 1.165) is 31.2 Å². The molecule has 2 aromatic rings. The van der Waals surface area contributed by atoms with Gasteiger partial charge in [0.15, 0.2) is 6.61 Å². The summed E-state index contributed by atoms with van der Waals surface area (Å²) in [4.78, 5) is 24.1. The Hall–Kier alpha value is -2.82. The molecule has 1 aliphatic rings. The summed E-state index contributed by atoms with van der Waals surface area (Å²) in [5, 5.41) is 3.07. The highest BCUT2D eigenvalue weighted by Crippen LogP contribution is 2.40. The van der Waals surface area contributed by atoms with Gasteiger partial charge in [0.1, 0.15) is 5.75 Å². The molecule has 0 aromatic heterocycles. The molecule has 2 aromatic carbocycles. The van der Waals surface area contributed by atoms with E-state index in [4.69, 9.17) is 10.5 Å². The molecule has 142 valence electrons. The largest absolute Gasteiger partial charge is 0.484 e. The monoisotopic (exact) mass is 366 g/mol. The molecule has 1 fully saturated rings. The van der Waals surface area contributed by atoms with Gasteiger partial charge in [-0.05, 0) is 49.6 Å². The SMILES string of the molecule is Cc1ccc(C2(C(=O)Nc3ccc(OCC(N)=O)cc3)CCCCC2)cc1. The fourth-order valence-corrected chi connectivity index (χ4v) is 3.71. The van der Waals surface area contributed by atoms with Gasteiger partial charge in [0, 0.05) is 5.69 Å². The molecule has 0 aliphatic heterocycles. The lowest BCUT2D eigenvalue weighted by atomic mass is 9.68. The zero-order valence-corrected chi connectivity index (χ0v) is 15.7. The van der Waals surface area contributed by atoms with Crippen LogP contribution in [0, 0.1) is 6.92 Å². The molecule has 0 spiro atoms. The van der Waals surface area contributed by atoms with Crippen LogP contribution in [0.2, 0.25) is 0 Å². The van der Waals surface area contributed by atoms with Crippen molar-refractivity contribution in [3.8, 4) is 5.75 Å². The topological polar surface area (TPSA) is 81.4 Å². The highest BCUT2D eigenvalue weighted by atomic mass is 16.5. The Morgan fingerprint density at radius 1 is 1.00 bits per heavy atom. The van der Waals surface area contributed by atoms with Crippen molar-refractivity contribution in [2.24, 2.45) is 5.73 Å². The molecule has 5 nitrogen and oxygen atoms in total. The predicted octanol–water partition coefficient (Wildman–Crippen LogP) is 3.70. The van der Waals surface area contributed by atoms with E-state index >= 15 is 0 Å². The Kier molecular flexibility index (Phi) is 5.79. The lowest BCUT2D eigenvalue weighted by Gasteiger charge is -2.36. The van der Waals surface area contributed by atoms with Crippen molar-refractivity contribution in [2.45, 2.75) is 44.4 Å². The Bertz CT molecular complexity index is 791. The maximum absolute atomic E-state index is 13.3. The number of benzene rings is 2. The van der Waals surface area contributed by atoms with Crippen LogP contribution in [0.5, 0.6) is 5.75 Å². The molecule has 3 rings (SSSR count). The van der Waals surface area contributed by atoms with Crippen molar-refractivity contribution in [3.05, 3.63) is 59.7 Å². The van der Waals surface area contributed by atoms with Crippen molar-refractivity contribution in [1.29, 1.82) is 0 Å². The van der Waals surface area contributed by atoms with Gasteiger partial charge < -0.3 is 15.8 Å². The average Bonchev–Trinajstić information content (AvgIpc) is 2.68. The van der Waals surface area contributed by atoms with Gasteiger partial charge in [-0.25, -0.2) is 0 Å². The van der Waals surface area contributed by atoms with Gasteiger partial charge >= 0.3 is 0 Å². The molecule has 1 aliphatic carbocycles. The zero-order chi connectivity index (χ0) is 19.3. The second-order valence-electron chi connectivity index (χ2n) is 7.24. The second kappa shape index (κ2) is 8.25. The van der Waals surface area contributed by atoms with Crippen molar-refractivity contribution < 1.29 is 14.3 Å². The number of carbonyl (C=O) groups excluding carboxylic acids is 2. The molecule has 0 bridgehead atoms. The van der Waals surface area contributed by atoms with Crippen LogP contribution in [0.1, 0.15) is 43.2 Å². The van der Waals surface area contributed by atoms with Gasteiger partial charge in [0.05, 0.1) is 5.41 Å². The number of primary amides is 1. The first-order valence-electron chi connectivity index (χ1n) is 9.39. The van der Waals surface area contributed by atoms with Gasteiger partial charge in [-0.3, -0.25) is 9.59 Å². The third kappa shape index (κ3) is 4.48. The van der Waals surface area contributed by atoms with Gasteiger partial charge in [0.25, 0.3) is 5.91 Å². The molecule has 0 unspecified atom stereocenters. The van der Waals surface area contributed by atoms with Gasteiger partial charge in [-0.1, -0.05) is 49.1 Å². The Morgan fingerprint density at radius 2 is 1.63 bits per heavy atom. The summed E-state index contributed by atoms with van der Waals surface area (Å²) in [5.41, 5.74) is 7.59. The van der Waals surface area contributed by atoms with Gasteiger partial charge in [0.2, 0.25) is 5.91 Å². The highest BCUT2D eigenvalue weighted by Gasteiger charge is 2.41. The maximum Gasteiger partial charge on any atom is 0.255 e. The normalized spacial score (nSPS) is 15.7. The fraction of sp³-hybridized carbons (Fsp3) is 0.364. The first-order valence-corrected chi connectivity index (χ1v) is 9.39. The molecule has 3 N–H and O–H groups in total. The van der Waals surface area contributed by atoms with Crippen LogP contribution in [0.4, 0.5) is 5.69 Å². The summed E-state index contributed by atoms with van der Waals surface area (Å²) in [6.45, 7) is 1.89. The smallest absolute Gasteiger partial charge is 0.255 e. The number of anilines is 1. The number of hydrogen-bond acceptors (Lipinski definition) is 3. The summed E-state index contributed by atoms with van der Waals surface area (Å²) in [6, 6.07) is 15.3. The fourth-order valence-electron chi connectivity index (χ4n) is 3.71. The van der Waals surface area contributed by atoms with E-state index in [-0.39, 0.29) is 12.5 Å². The standard InChI is InChI=1S/C22H26N2O3/c1-16-5-7-17(8-6-16)22(13-3-2-4-14-22)21(26)24-18-9-11-19(12-10-18)27-15-20(23)25/h5-12H,2-4,13-15H2,1H3,(H2,23,25)(H,24,26). The van der Waals surface area contributed by atoms with E-state index in [0.29, 0.717) is 11.4 Å². The average molecular weight is 366 g/mol. The number of nitrogens with one attached hydrogen (secondary N) is 1. The minimum absolute atomic E-state index is 0.0388. The number of amides is 2.